The summed E-state index contributed by atoms with van der Waals surface area (Å²) in [5.74, 6) is -0.271. The number of carbonyl (C=O) groups is 1. The number of methoxy groups -OCH3 is 1. The van der Waals surface area contributed by atoms with E-state index < -0.39 is 5.60 Å². The molecule has 0 unspecified atom stereocenters. The summed E-state index contributed by atoms with van der Waals surface area (Å²) in [5.41, 5.74) is 1.18. The molecule has 0 aliphatic carbocycles. The molecule has 0 atom stereocenters. The predicted molar refractivity (Wildman–Crippen MR) is 136 cm³/mol. The van der Waals surface area contributed by atoms with Gasteiger partial charge in [0, 0.05) is 81.9 Å². The van der Waals surface area contributed by atoms with Crippen molar-refractivity contribution in [2.45, 2.75) is 28.2 Å². The highest BCUT2D eigenvalue weighted by Crippen LogP contribution is 2.39. The Morgan fingerprint density at radius 2 is 1.71 bits per heavy atom. The van der Waals surface area contributed by atoms with Crippen molar-refractivity contribution in [2.24, 2.45) is 0 Å². The van der Waals surface area contributed by atoms with Crippen LogP contribution in [0.5, 0.6) is 0 Å². The predicted octanol–water partition coefficient (Wildman–Crippen LogP) is 4.85. The van der Waals surface area contributed by atoms with E-state index in [-0.39, 0.29) is 24.3 Å². The van der Waals surface area contributed by atoms with Crippen molar-refractivity contribution in [1.29, 1.82) is 0 Å². The summed E-state index contributed by atoms with van der Waals surface area (Å²) < 4.78 is 25.8. The third-order valence-electron chi connectivity index (χ3n) is 6.61. The van der Waals surface area contributed by atoms with Crippen LogP contribution in [0, 0.1) is 5.82 Å². The van der Waals surface area contributed by atoms with Gasteiger partial charge in [-0.1, -0.05) is 11.8 Å². The molecule has 2 aliphatic heterocycles. The third kappa shape index (κ3) is 6.04. The van der Waals surface area contributed by atoms with Gasteiger partial charge in [-0.2, -0.15) is 0 Å². The second kappa shape index (κ2) is 11.7. The molecule has 2 amide bonds. The molecule has 4 rings (SSSR count). The highest BCUT2D eigenvalue weighted by Gasteiger charge is 2.35. The Kier molecular flexibility index (Phi) is 9.23. The lowest BCUT2D eigenvalue weighted by atomic mass is 9.86. The van der Waals surface area contributed by atoms with Crippen molar-refractivity contribution in [3.63, 3.8) is 0 Å². The summed E-state index contributed by atoms with van der Waals surface area (Å²) in [4.78, 5) is 20.4. The van der Waals surface area contributed by atoms with Gasteiger partial charge < -0.3 is 19.3 Å². The van der Waals surface area contributed by atoms with Crippen LogP contribution in [0.4, 0.5) is 14.9 Å². The smallest absolute Gasteiger partial charge is 0.324 e. The Morgan fingerprint density at radius 3 is 2.32 bits per heavy atom. The van der Waals surface area contributed by atoms with E-state index in [9.17, 15) is 9.18 Å². The largest absolute Gasteiger partial charge is 0.381 e. The van der Waals surface area contributed by atoms with Crippen LogP contribution >= 0.6 is 24.2 Å². The molecular weight excluding hydrogens is 477 g/mol. The lowest BCUT2D eigenvalue weighted by molar-refractivity contribution is -0.0950. The molecule has 0 spiro atoms. The number of halogens is 2. The second-order valence-electron chi connectivity index (χ2n) is 8.71. The maximum absolute atomic E-state index is 14.5. The van der Waals surface area contributed by atoms with Gasteiger partial charge >= 0.3 is 6.03 Å². The van der Waals surface area contributed by atoms with Gasteiger partial charge in [0.25, 0.3) is 0 Å². The molecule has 2 aromatic rings. The minimum Gasteiger partial charge on any atom is -0.381 e. The fourth-order valence-corrected chi connectivity index (χ4v) is 5.29. The first-order valence-electron chi connectivity index (χ1n) is 11.3. The van der Waals surface area contributed by atoms with Crippen LogP contribution in [0.25, 0.3) is 0 Å². The summed E-state index contributed by atoms with van der Waals surface area (Å²) in [7, 11) is 5.56. The van der Waals surface area contributed by atoms with E-state index in [2.05, 4.69) is 11.9 Å². The van der Waals surface area contributed by atoms with Crippen LogP contribution in [0.15, 0.2) is 52.3 Å². The summed E-state index contributed by atoms with van der Waals surface area (Å²) in [6.45, 7) is 4.48. The number of nitrogens with zero attached hydrogens (tertiary/aromatic N) is 3. The zero-order valence-corrected chi connectivity index (χ0v) is 21.6. The zero-order chi connectivity index (χ0) is 23.4. The fraction of sp³-hybridized carbons (Fsp3) is 0.480. The third-order valence-corrected chi connectivity index (χ3v) is 7.59. The highest BCUT2D eigenvalue weighted by molar-refractivity contribution is 7.99. The molecule has 0 bridgehead atoms. The molecule has 34 heavy (non-hydrogen) atoms. The summed E-state index contributed by atoms with van der Waals surface area (Å²) in [5, 5.41) is 0. The molecule has 0 saturated carbocycles. The van der Waals surface area contributed by atoms with Crippen molar-refractivity contribution in [3.05, 3.63) is 53.8 Å². The van der Waals surface area contributed by atoms with Gasteiger partial charge in [0.15, 0.2) is 0 Å². The first kappa shape index (κ1) is 26.8. The Bertz CT molecular complexity index is 964. The number of carbonyl (C=O) groups excluding carboxylic acids is 1. The number of anilines is 1. The van der Waals surface area contributed by atoms with Crippen molar-refractivity contribution in [3.8, 4) is 0 Å². The molecule has 2 heterocycles. The monoisotopic (exact) mass is 509 g/mol. The number of urea groups is 1. The SMILES string of the molecule is COC1(c2cc(F)cc(Sc3ccc(N(C)C(=O)N4CCN(C)CC4)cc3)c2)CCOCC1.Cl. The van der Waals surface area contributed by atoms with Gasteiger partial charge in [0.1, 0.15) is 5.82 Å². The normalized spacial score (nSPS) is 18.3. The Morgan fingerprint density at radius 1 is 1.06 bits per heavy atom. The van der Waals surface area contributed by atoms with Crippen molar-refractivity contribution >= 4 is 35.9 Å². The molecule has 186 valence electrons. The standard InChI is InChI=1S/C25H32FN3O3S.ClH/c1-27-10-12-29(13-11-27)24(30)28(2)21-4-6-22(7-5-21)33-23-17-19(16-20(26)18-23)25(31-3)8-14-32-15-9-25;/h4-7,16-18H,8-15H2,1-3H3;1H. The average Bonchev–Trinajstić information content (AvgIpc) is 2.84. The van der Waals surface area contributed by atoms with Gasteiger partial charge in [-0.15, -0.1) is 12.4 Å². The number of hydrogen-bond acceptors (Lipinski definition) is 5. The maximum Gasteiger partial charge on any atom is 0.324 e. The summed E-state index contributed by atoms with van der Waals surface area (Å²) in [6.07, 6.45) is 1.42. The average molecular weight is 510 g/mol. The first-order valence-corrected chi connectivity index (χ1v) is 12.1. The molecule has 0 aromatic heterocycles. The van der Waals surface area contributed by atoms with Crippen LogP contribution in [-0.4, -0.2) is 76.4 Å². The van der Waals surface area contributed by atoms with Gasteiger partial charge in [0.05, 0.1) is 5.60 Å². The minimum absolute atomic E-state index is 0. The van der Waals surface area contributed by atoms with Crippen molar-refractivity contribution in [2.75, 3.05) is 65.5 Å². The van der Waals surface area contributed by atoms with Crippen molar-refractivity contribution in [1.82, 2.24) is 9.80 Å². The molecule has 2 aliphatic rings. The summed E-state index contributed by atoms with van der Waals surface area (Å²) >= 11 is 1.50. The molecule has 0 N–H and O–H groups in total. The molecular formula is C25H33ClFN3O3S. The number of piperazine rings is 1. The topological polar surface area (TPSA) is 45.2 Å². The quantitative estimate of drug-likeness (QED) is 0.576. The van der Waals surface area contributed by atoms with Gasteiger partial charge in [-0.25, -0.2) is 9.18 Å². The van der Waals surface area contributed by atoms with E-state index in [4.69, 9.17) is 9.47 Å². The molecule has 0 radical (unpaired) electrons. The number of rotatable bonds is 5. The fourth-order valence-electron chi connectivity index (χ4n) is 4.39. The number of ether oxygens (including phenoxy) is 2. The van der Waals surface area contributed by atoms with E-state index in [1.165, 1.54) is 11.8 Å². The molecule has 2 saturated heterocycles. The van der Waals surface area contributed by atoms with E-state index in [0.29, 0.717) is 26.1 Å². The summed E-state index contributed by atoms with van der Waals surface area (Å²) in [6, 6.07) is 13.0. The Labute approximate surface area is 211 Å². The van der Waals surface area contributed by atoms with E-state index >= 15 is 0 Å². The number of likely N-dealkylation sites (N-methyl/N-ethyl adjacent to an activating group) is 1. The number of benzene rings is 2. The minimum atomic E-state index is -0.508. The molecule has 2 fully saturated rings. The van der Waals surface area contributed by atoms with Crippen LogP contribution in [0.2, 0.25) is 0 Å². The van der Waals surface area contributed by atoms with Crippen LogP contribution < -0.4 is 4.90 Å². The highest BCUT2D eigenvalue weighted by atomic mass is 35.5. The first-order chi connectivity index (χ1) is 15.9. The Balaban J connectivity index is 0.00000324. The van der Waals surface area contributed by atoms with E-state index in [1.807, 2.05) is 35.2 Å². The van der Waals surface area contributed by atoms with Gasteiger partial charge in [-0.3, -0.25) is 4.90 Å². The lowest BCUT2D eigenvalue weighted by Gasteiger charge is -2.36. The van der Waals surface area contributed by atoms with Gasteiger partial charge in [0.2, 0.25) is 0 Å². The second-order valence-corrected chi connectivity index (χ2v) is 9.86. The molecule has 6 nitrogen and oxygen atoms in total. The van der Waals surface area contributed by atoms with Crippen LogP contribution in [0.3, 0.4) is 0 Å². The number of hydrogen-bond donors (Lipinski definition) is 0. The lowest BCUT2D eigenvalue weighted by Crippen LogP contribution is -2.51. The van der Waals surface area contributed by atoms with E-state index in [1.54, 1.807) is 31.2 Å². The van der Waals surface area contributed by atoms with Crippen LogP contribution in [0.1, 0.15) is 18.4 Å². The number of amides is 2. The molecule has 9 heteroatoms. The Hall–Kier alpha value is -1.84. The molecule has 2 aromatic carbocycles. The van der Waals surface area contributed by atoms with E-state index in [0.717, 1.165) is 47.2 Å². The van der Waals surface area contributed by atoms with Gasteiger partial charge in [-0.05, 0) is 55.1 Å². The van der Waals surface area contributed by atoms with Crippen molar-refractivity contribution < 1.29 is 18.7 Å². The van der Waals surface area contributed by atoms with Crippen LogP contribution in [-0.2, 0) is 15.1 Å². The maximum atomic E-state index is 14.5. The zero-order valence-electron chi connectivity index (χ0n) is 20.0.